The van der Waals surface area contributed by atoms with Crippen LogP contribution < -0.4 is 5.32 Å². The van der Waals surface area contributed by atoms with E-state index in [2.05, 4.69) is 24.1 Å². The summed E-state index contributed by atoms with van der Waals surface area (Å²) in [6, 6.07) is 1.31. The summed E-state index contributed by atoms with van der Waals surface area (Å²) >= 11 is 0. The molecule has 1 aliphatic heterocycles. The highest BCUT2D eigenvalue weighted by Crippen LogP contribution is 2.44. The zero-order valence-corrected chi connectivity index (χ0v) is 12.1. The van der Waals surface area contributed by atoms with Gasteiger partial charge in [-0.2, -0.15) is 0 Å². The lowest BCUT2D eigenvalue weighted by molar-refractivity contribution is 0.00537. The van der Waals surface area contributed by atoms with Crippen molar-refractivity contribution in [2.24, 2.45) is 11.8 Å². The Bertz CT molecular complexity index is 301. The molecule has 0 spiro atoms. The molecule has 104 valence electrons. The van der Waals surface area contributed by atoms with Crippen LogP contribution in [-0.4, -0.2) is 49.3 Å². The number of ether oxygens (including phenoxy) is 1. The number of nitrogens with zero attached hydrogens (tertiary/aromatic N) is 1. The number of hydrogen-bond donors (Lipinski definition) is 1. The molecule has 0 aromatic rings. The molecular weight excluding hydrogens is 224 g/mol. The molecule has 0 aromatic carbocycles. The van der Waals surface area contributed by atoms with E-state index in [1.807, 2.05) is 7.11 Å². The maximum Gasteiger partial charge on any atom is 0.0615 e. The molecule has 1 N–H and O–H groups in total. The molecule has 0 radical (unpaired) electrons. The van der Waals surface area contributed by atoms with Gasteiger partial charge < -0.3 is 10.1 Å². The Kier molecular flexibility index (Phi) is 3.41. The summed E-state index contributed by atoms with van der Waals surface area (Å²) in [6.45, 7) is 8.02. The van der Waals surface area contributed by atoms with Crippen LogP contribution in [0.3, 0.4) is 0 Å². The van der Waals surface area contributed by atoms with Crippen LogP contribution in [0.15, 0.2) is 0 Å². The van der Waals surface area contributed by atoms with E-state index in [4.69, 9.17) is 4.74 Å². The minimum atomic E-state index is 0.355. The Hall–Kier alpha value is -0.120. The average Bonchev–Trinajstić information content (AvgIpc) is 3.17. The van der Waals surface area contributed by atoms with Crippen LogP contribution in [0.2, 0.25) is 0 Å². The molecule has 1 heterocycles. The normalized spacial score (nSPS) is 39.8. The van der Waals surface area contributed by atoms with E-state index in [1.54, 1.807) is 0 Å². The zero-order valence-electron chi connectivity index (χ0n) is 12.1. The predicted octanol–water partition coefficient (Wildman–Crippen LogP) is 1.87. The lowest BCUT2D eigenvalue weighted by atomic mass is 9.89. The SMILES string of the molecule is COCC(C)N1CC(C)(C2CC2)NCC1C1CC1. The largest absolute Gasteiger partial charge is 0.383 e. The molecular formula is C15H28N2O. The van der Waals surface area contributed by atoms with Crippen LogP contribution in [0.4, 0.5) is 0 Å². The van der Waals surface area contributed by atoms with Crippen molar-refractivity contribution in [2.75, 3.05) is 26.8 Å². The van der Waals surface area contributed by atoms with E-state index < -0.39 is 0 Å². The third-order valence-corrected chi connectivity index (χ3v) is 5.27. The number of methoxy groups -OCH3 is 1. The van der Waals surface area contributed by atoms with Gasteiger partial charge in [-0.1, -0.05) is 0 Å². The summed E-state index contributed by atoms with van der Waals surface area (Å²) in [5, 5.41) is 3.87. The van der Waals surface area contributed by atoms with Crippen molar-refractivity contribution in [1.29, 1.82) is 0 Å². The fourth-order valence-corrected chi connectivity index (χ4v) is 3.74. The quantitative estimate of drug-likeness (QED) is 0.808. The minimum Gasteiger partial charge on any atom is -0.383 e. The van der Waals surface area contributed by atoms with Crippen LogP contribution in [0.5, 0.6) is 0 Å². The molecule has 1 saturated heterocycles. The Labute approximate surface area is 111 Å². The van der Waals surface area contributed by atoms with Gasteiger partial charge in [-0.25, -0.2) is 0 Å². The molecule has 3 heteroatoms. The van der Waals surface area contributed by atoms with Crippen molar-refractivity contribution in [3.05, 3.63) is 0 Å². The highest BCUT2D eigenvalue weighted by Gasteiger charge is 2.49. The van der Waals surface area contributed by atoms with Crippen molar-refractivity contribution < 1.29 is 4.74 Å². The van der Waals surface area contributed by atoms with Crippen LogP contribution in [0, 0.1) is 11.8 Å². The summed E-state index contributed by atoms with van der Waals surface area (Å²) < 4.78 is 5.39. The number of nitrogens with one attached hydrogen (secondary N) is 1. The standard InChI is InChI=1S/C15H28N2O/c1-11(9-18-3)17-10-15(2,13-6-7-13)16-8-14(17)12-4-5-12/h11-14,16H,4-10H2,1-3H3. The van der Waals surface area contributed by atoms with Gasteiger partial charge in [0.1, 0.15) is 0 Å². The number of piperazine rings is 1. The van der Waals surface area contributed by atoms with Gasteiger partial charge in [-0.15, -0.1) is 0 Å². The summed E-state index contributed by atoms with van der Waals surface area (Å²) in [5.41, 5.74) is 0.355. The van der Waals surface area contributed by atoms with Crippen LogP contribution >= 0.6 is 0 Å². The molecule has 3 fully saturated rings. The average molecular weight is 252 g/mol. The molecule has 2 aliphatic carbocycles. The van der Waals surface area contributed by atoms with Gasteiger partial charge in [-0.3, -0.25) is 4.90 Å². The minimum absolute atomic E-state index is 0.355. The smallest absolute Gasteiger partial charge is 0.0615 e. The summed E-state index contributed by atoms with van der Waals surface area (Å²) in [7, 11) is 1.82. The van der Waals surface area contributed by atoms with Gasteiger partial charge in [-0.05, 0) is 51.4 Å². The summed E-state index contributed by atoms with van der Waals surface area (Å²) in [5.74, 6) is 1.86. The molecule has 18 heavy (non-hydrogen) atoms. The van der Waals surface area contributed by atoms with Crippen molar-refractivity contribution in [3.8, 4) is 0 Å². The van der Waals surface area contributed by atoms with Crippen LogP contribution in [-0.2, 0) is 4.74 Å². The lowest BCUT2D eigenvalue weighted by Gasteiger charge is -2.49. The highest BCUT2D eigenvalue weighted by atomic mass is 16.5. The molecule has 3 atom stereocenters. The van der Waals surface area contributed by atoms with E-state index in [-0.39, 0.29) is 0 Å². The zero-order chi connectivity index (χ0) is 12.8. The molecule has 0 bridgehead atoms. The first kappa shape index (κ1) is 12.9. The third kappa shape index (κ3) is 2.45. The second kappa shape index (κ2) is 4.77. The first-order valence-electron chi connectivity index (χ1n) is 7.64. The molecule has 0 amide bonds. The first-order chi connectivity index (χ1) is 8.64. The Balaban J connectivity index is 1.70. The van der Waals surface area contributed by atoms with Gasteiger partial charge in [0.2, 0.25) is 0 Å². The maximum absolute atomic E-state index is 5.39. The second-order valence-corrected chi connectivity index (χ2v) is 6.95. The van der Waals surface area contributed by atoms with E-state index in [1.165, 1.54) is 38.8 Å². The van der Waals surface area contributed by atoms with Gasteiger partial charge in [0.05, 0.1) is 6.61 Å². The van der Waals surface area contributed by atoms with E-state index in [9.17, 15) is 0 Å². The van der Waals surface area contributed by atoms with Gasteiger partial charge in [0.15, 0.2) is 0 Å². The van der Waals surface area contributed by atoms with Gasteiger partial charge >= 0.3 is 0 Å². The Morgan fingerprint density at radius 3 is 2.61 bits per heavy atom. The second-order valence-electron chi connectivity index (χ2n) is 6.95. The monoisotopic (exact) mass is 252 g/mol. The summed E-state index contributed by atoms with van der Waals surface area (Å²) in [4.78, 5) is 2.75. The van der Waals surface area contributed by atoms with Crippen LogP contribution in [0.25, 0.3) is 0 Å². The van der Waals surface area contributed by atoms with Gasteiger partial charge in [0, 0.05) is 37.8 Å². The molecule has 3 rings (SSSR count). The van der Waals surface area contributed by atoms with E-state index in [0.717, 1.165) is 24.5 Å². The maximum atomic E-state index is 5.39. The third-order valence-electron chi connectivity index (χ3n) is 5.27. The summed E-state index contributed by atoms with van der Waals surface area (Å²) in [6.07, 6.45) is 5.71. The molecule has 2 saturated carbocycles. The number of rotatable bonds is 5. The fraction of sp³-hybridized carbons (Fsp3) is 1.00. The highest BCUT2D eigenvalue weighted by molar-refractivity contribution is 5.07. The van der Waals surface area contributed by atoms with Gasteiger partial charge in [0.25, 0.3) is 0 Å². The predicted molar refractivity (Wildman–Crippen MR) is 73.7 cm³/mol. The lowest BCUT2D eigenvalue weighted by Crippen LogP contribution is -2.66. The fourth-order valence-electron chi connectivity index (χ4n) is 3.74. The van der Waals surface area contributed by atoms with Crippen molar-refractivity contribution in [1.82, 2.24) is 10.2 Å². The molecule has 3 aliphatic rings. The van der Waals surface area contributed by atoms with E-state index in [0.29, 0.717) is 11.6 Å². The van der Waals surface area contributed by atoms with Crippen molar-refractivity contribution in [2.45, 2.75) is 57.2 Å². The Morgan fingerprint density at radius 2 is 2.06 bits per heavy atom. The topological polar surface area (TPSA) is 24.5 Å². The molecule has 3 unspecified atom stereocenters. The van der Waals surface area contributed by atoms with Crippen molar-refractivity contribution >= 4 is 0 Å². The molecule has 3 nitrogen and oxygen atoms in total. The van der Waals surface area contributed by atoms with E-state index >= 15 is 0 Å². The van der Waals surface area contributed by atoms with Crippen molar-refractivity contribution in [3.63, 3.8) is 0 Å². The molecule has 0 aromatic heterocycles. The Morgan fingerprint density at radius 1 is 1.33 bits per heavy atom. The van der Waals surface area contributed by atoms with Crippen LogP contribution in [0.1, 0.15) is 39.5 Å². The number of hydrogen-bond acceptors (Lipinski definition) is 3. The first-order valence-corrected chi connectivity index (χ1v) is 7.64.